The number of benzene rings is 2. The van der Waals surface area contributed by atoms with E-state index < -0.39 is 0 Å². The van der Waals surface area contributed by atoms with Gasteiger partial charge in [-0.3, -0.25) is 9.59 Å². The topological polar surface area (TPSA) is 60.7 Å². The molecule has 0 spiro atoms. The molecule has 0 unspecified atom stereocenters. The Hall–Kier alpha value is -2.73. The molecule has 0 radical (unpaired) electrons. The van der Waals surface area contributed by atoms with Gasteiger partial charge in [0.1, 0.15) is 6.54 Å². The van der Waals surface area contributed by atoms with Gasteiger partial charge >= 0.3 is 5.97 Å². The van der Waals surface area contributed by atoms with E-state index in [0.29, 0.717) is 4.80 Å². The normalized spacial score (nSPS) is 11.7. The maximum Gasteiger partial charge on any atom is 0.325 e. The zero-order valence-corrected chi connectivity index (χ0v) is 14.9. The van der Waals surface area contributed by atoms with Crippen LogP contribution in [0.3, 0.4) is 0 Å². The standard InChI is InChI=1S/C19H18N2O3S/c1-13-7-9-14(10-8-13)11-17(22)20-19-21(12-18(23)24-2)15-5-3-4-6-16(15)25-19/h3-10H,11-12H2,1-2H3. The lowest BCUT2D eigenvalue weighted by atomic mass is 10.1. The molecule has 25 heavy (non-hydrogen) atoms. The van der Waals surface area contributed by atoms with Crippen molar-refractivity contribution in [1.29, 1.82) is 0 Å². The number of ether oxygens (including phenoxy) is 1. The Labute approximate surface area is 149 Å². The summed E-state index contributed by atoms with van der Waals surface area (Å²) in [4.78, 5) is 28.8. The van der Waals surface area contributed by atoms with Crippen LogP contribution in [0.5, 0.6) is 0 Å². The smallest absolute Gasteiger partial charge is 0.325 e. The van der Waals surface area contributed by atoms with E-state index >= 15 is 0 Å². The fourth-order valence-corrected chi connectivity index (χ4v) is 3.53. The summed E-state index contributed by atoms with van der Waals surface area (Å²) in [5.74, 6) is -0.620. The molecule has 0 bridgehead atoms. The molecule has 0 fully saturated rings. The van der Waals surface area contributed by atoms with Gasteiger partial charge in [-0.05, 0) is 24.6 Å². The number of para-hydroxylation sites is 1. The number of methoxy groups -OCH3 is 1. The van der Waals surface area contributed by atoms with Crippen molar-refractivity contribution in [2.45, 2.75) is 19.9 Å². The van der Waals surface area contributed by atoms with E-state index in [2.05, 4.69) is 4.99 Å². The highest BCUT2D eigenvalue weighted by Gasteiger charge is 2.11. The van der Waals surface area contributed by atoms with Crippen molar-refractivity contribution in [3.8, 4) is 0 Å². The molecule has 0 saturated carbocycles. The van der Waals surface area contributed by atoms with Crippen molar-refractivity contribution in [3.05, 3.63) is 64.5 Å². The summed E-state index contributed by atoms with van der Waals surface area (Å²) in [5.41, 5.74) is 2.92. The van der Waals surface area contributed by atoms with Gasteiger partial charge in [0.15, 0.2) is 4.80 Å². The molecule has 0 aliphatic rings. The first-order chi connectivity index (χ1) is 12.1. The van der Waals surface area contributed by atoms with Crippen LogP contribution in [0.15, 0.2) is 53.5 Å². The Morgan fingerprint density at radius 2 is 1.84 bits per heavy atom. The van der Waals surface area contributed by atoms with Crippen LogP contribution in [0, 0.1) is 6.92 Å². The van der Waals surface area contributed by atoms with Crippen LogP contribution in [-0.4, -0.2) is 23.6 Å². The van der Waals surface area contributed by atoms with Crippen LogP contribution in [0.2, 0.25) is 0 Å². The Morgan fingerprint density at radius 1 is 1.12 bits per heavy atom. The zero-order valence-electron chi connectivity index (χ0n) is 14.1. The molecule has 1 aromatic heterocycles. The first kappa shape index (κ1) is 17.1. The number of fused-ring (bicyclic) bond motifs is 1. The van der Waals surface area contributed by atoms with Crippen molar-refractivity contribution in [3.63, 3.8) is 0 Å². The molecule has 128 valence electrons. The lowest BCUT2D eigenvalue weighted by Gasteiger charge is -2.03. The van der Waals surface area contributed by atoms with Gasteiger partial charge in [-0.2, -0.15) is 4.99 Å². The third kappa shape index (κ3) is 4.03. The van der Waals surface area contributed by atoms with E-state index in [4.69, 9.17) is 4.74 Å². The second-order valence-corrected chi connectivity index (χ2v) is 6.69. The van der Waals surface area contributed by atoms with Crippen LogP contribution in [0.1, 0.15) is 11.1 Å². The minimum absolute atomic E-state index is 0.0250. The molecule has 5 nitrogen and oxygen atoms in total. The number of esters is 1. The quantitative estimate of drug-likeness (QED) is 0.677. The summed E-state index contributed by atoms with van der Waals surface area (Å²) in [6.07, 6.45) is 0.229. The molecular formula is C19H18N2O3S. The SMILES string of the molecule is COC(=O)Cn1c(=NC(=O)Cc2ccc(C)cc2)sc2ccccc21. The first-order valence-corrected chi connectivity index (χ1v) is 8.67. The van der Waals surface area contributed by atoms with E-state index in [1.807, 2.05) is 55.5 Å². The van der Waals surface area contributed by atoms with Gasteiger partial charge in [0.2, 0.25) is 0 Å². The minimum atomic E-state index is -0.379. The molecule has 3 rings (SSSR count). The summed E-state index contributed by atoms with van der Waals surface area (Å²) in [6, 6.07) is 15.4. The number of nitrogens with zero attached hydrogens (tertiary/aromatic N) is 2. The summed E-state index contributed by atoms with van der Waals surface area (Å²) in [6.45, 7) is 2.03. The van der Waals surface area contributed by atoms with E-state index in [0.717, 1.165) is 21.3 Å². The average molecular weight is 354 g/mol. The van der Waals surface area contributed by atoms with E-state index in [-0.39, 0.29) is 24.8 Å². The van der Waals surface area contributed by atoms with Crippen LogP contribution >= 0.6 is 11.3 Å². The van der Waals surface area contributed by atoms with E-state index in [1.54, 1.807) is 4.57 Å². The molecule has 0 N–H and O–H groups in total. The van der Waals surface area contributed by atoms with Gasteiger partial charge in [0.05, 0.1) is 23.7 Å². The van der Waals surface area contributed by atoms with E-state index in [1.165, 1.54) is 18.4 Å². The third-order valence-electron chi connectivity index (χ3n) is 3.80. The molecule has 1 heterocycles. The number of hydrogen-bond donors (Lipinski definition) is 0. The molecule has 3 aromatic rings. The average Bonchev–Trinajstić information content (AvgIpc) is 2.94. The fraction of sp³-hybridized carbons (Fsp3) is 0.211. The maximum atomic E-state index is 12.4. The second kappa shape index (κ2) is 7.44. The Bertz CT molecular complexity index is 984. The Balaban J connectivity index is 1.96. The Morgan fingerprint density at radius 3 is 2.56 bits per heavy atom. The predicted octanol–water partition coefficient (Wildman–Crippen LogP) is 2.85. The Kier molecular flexibility index (Phi) is 5.09. The number of aryl methyl sites for hydroxylation is 1. The van der Waals surface area contributed by atoms with Crippen molar-refractivity contribution in [1.82, 2.24) is 4.57 Å². The number of carbonyl (C=O) groups excluding carboxylic acids is 2. The number of hydrogen-bond acceptors (Lipinski definition) is 4. The first-order valence-electron chi connectivity index (χ1n) is 7.85. The molecule has 0 aliphatic carbocycles. The van der Waals surface area contributed by atoms with Crippen molar-refractivity contribution < 1.29 is 14.3 Å². The highest BCUT2D eigenvalue weighted by atomic mass is 32.1. The molecular weight excluding hydrogens is 336 g/mol. The lowest BCUT2D eigenvalue weighted by Crippen LogP contribution is -2.22. The summed E-state index contributed by atoms with van der Waals surface area (Å²) in [7, 11) is 1.34. The molecule has 6 heteroatoms. The van der Waals surface area contributed by atoms with Gasteiger partial charge in [-0.1, -0.05) is 53.3 Å². The zero-order chi connectivity index (χ0) is 17.8. The van der Waals surface area contributed by atoms with Crippen molar-refractivity contribution in [2.24, 2.45) is 4.99 Å². The molecule has 0 atom stereocenters. The molecule has 0 saturated heterocycles. The van der Waals surface area contributed by atoms with Crippen molar-refractivity contribution in [2.75, 3.05) is 7.11 Å². The largest absolute Gasteiger partial charge is 0.468 e. The maximum absolute atomic E-state index is 12.4. The minimum Gasteiger partial charge on any atom is -0.468 e. The fourth-order valence-electron chi connectivity index (χ4n) is 2.48. The predicted molar refractivity (Wildman–Crippen MR) is 97.3 cm³/mol. The van der Waals surface area contributed by atoms with Crippen LogP contribution in [0.4, 0.5) is 0 Å². The number of amides is 1. The third-order valence-corrected chi connectivity index (χ3v) is 4.86. The van der Waals surface area contributed by atoms with Crippen molar-refractivity contribution >= 4 is 33.4 Å². The van der Waals surface area contributed by atoms with Crippen LogP contribution in [-0.2, 0) is 27.3 Å². The highest BCUT2D eigenvalue weighted by Crippen LogP contribution is 2.16. The van der Waals surface area contributed by atoms with Gasteiger partial charge in [0.25, 0.3) is 5.91 Å². The number of rotatable bonds is 4. The number of aromatic nitrogens is 1. The van der Waals surface area contributed by atoms with E-state index in [9.17, 15) is 9.59 Å². The van der Waals surface area contributed by atoms with Gasteiger partial charge in [-0.25, -0.2) is 0 Å². The lowest BCUT2D eigenvalue weighted by molar-refractivity contribution is -0.141. The van der Waals surface area contributed by atoms with Gasteiger partial charge in [-0.15, -0.1) is 0 Å². The summed E-state index contributed by atoms with van der Waals surface area (Å²) in [5, 5.41) is 0. The molecule has 0 aliphatic heterocycles. The summed E-state index contributed by atoms with van der Waals surface area (Å²) >= 11 is 1.39. The second-order valence-electron chi connectivity index (χ2n) is 5.68. The number of thiazole rings is 1. The number of carbonyl (C=O) groups is 2. The van der Waals surface area contributed by atoms with Crippen LogP contribution < -0.4 is 4.80 Å². The summed E-state index contributed by atoms with van der Waals surface area (Å²) < 4.78 is 7.44. The monoisotopic (exact) mass is 354 g/mol. The molecule has 2 aromatic carbocycles. The highest BCUT2D eigenvalue weighted by molar-refractivity contribution is 7.16. The molecule has 1 amide bonds. The van der Waals surface area contributed by atoms with Crippen LogP contribution in [0.25, 0.3) is 10.2 Å². The van der Waals surface area contributed by atoms with Gasteiger partial charge < -0.3 is 9.30 Å². The van der Waals surface area contributed by atoms with Gasteiger partial charge in [0, 0.05) is 0 Å².